The Labute approximate surface area is 68.9 Å². The largest absolute Gasteiger partial charge is 0.466 e. The van der Waals surface area contributed by atoms with Crippen molar-refractivity contribution in [3.05, 3.63) is 0 Å². The number of carbonyl (C=O) groups is 1. The van der Waals surface area contributed by atoms with Crippen LogP contribution in [0.15, 0.2) is 0 Å². The van der Waals surface area contributed by atoms with Gasteiger partial charge < -0.3 is 4.74 Å². The van der Waals surface area contributed by atoms with Crippen LogP contribution in [-0.4, -0.2) is 12.6 Å². The van der Waals surface area contributed by atoms with E-state index in [1.54, 1.807) is 0 Å². The highest BCUT2D eigenvalue weighted by Crippen LogP contribution is 2.25. The van der Waals surface area contributed by atoms with Crippen molar-refractivity contribution in [1.29, 1.82) is 0 Å². The van der Waals surface area contributed by atoms with E-state index in [1.807, 2.05) is 0 Å². The van der Waals surface area contributed by atoms with Crippen LogP contribution < -0.4 is 0 Å². The van der Waals surface area contributed by atoms with Crippen molar-refractivity contribution in [1.82, 2.24) is 0 Å². The van der Waals surface area contributed by atoms with Gasteiger partial charge in [0.05, 0.1) is 6.61 Å². The van der Waals surface area contributed by atoms with Gasteiger partial charge in [-0.3, -0.25) is 4.79 Å². The summed E-state index contributed by atoms with van der Waals surface area (Å²) in [5.74, 6) is 0.215. The fraction of sp³-hybridized carbons (Fsp3) is 0.889. The van der Waals surface area contributed by atoms with Gasteiger partial charge in [0.1, 0.15) is 0 Å². The molecule has 0 aliphatic rings. The molecule has 0 radical (unpaired) electrons. The minimum atomic E-state index is -0.193. The molecule has 2 nitrogen and oxygen atoms in total. The van der Waals surface area contributed by atoms with Crippen molar-refractivity contribution in [3.63, 3.8) is 0 Å². The van der Waals surface area contributed by atoms with E-state index in [9.17, 15) is 4.79 Å². The van der Waals surface area contributed by atoms with Crippen LogP contribution in [0.3, 0.4) is 0 Å². The Morgan fingerprint density at radius 1 is 1.45 bits per heavy atom. The first-order chi connectivity index (χ1) is 4.84. The van der Waals surface area contributed by atoms with Crippen LogP contribution >= 0.6 is 0 Å². The molecular weight excluding hydrogens is 140 g/mol. The quantitative estimate of drug-likeness (QED) is 0.576. The first kappa shape index (κ1) is 10.5. The zero-order chi connectivity index (χ0) is 9.07. The monoisotopic (exact) mass is 158 g/mol. The highest BCUT2D eigenvalue weighted by atomic mass is 16.5. The van der Waals surface area contributed by atoms with Gasteiger partial charge in [-0.2, -0.15) is 0 Å². The first-order valence-corrected chi connectivity index (χ1v) is 3.97. The van der Waals surface area contributed by atoms with Crippen molar-refractivity contribution < 1.29 is 9.53 Å². The second-order valence-corrected chi connectivity index (χ2v) is 4.07. The molecule has 0 N–H and O–H groups in total. The molecule has 0 amide bonds. The lowest BCUT2D eigenvalue weighted by atomic mass is 9.83. The van der Waals surface area contributed by atoms with Crippen molar-refractivity contribution in [2.45, 2.75) is 34.6 Å². The Hall–Kier alpha value is -0.530. The SMILES string of the molecule is CC(=O)OC[C@@H](C)C(C)(C)C. The lowest BCUT2D eigenvalue weighted by Gasteiger charge is -2.26. The molecule has 0 rings (SSSR count). The van der Waals surface area contributed by atoms with Crippen LogP contribution in [0.2, 0.25) is 0 Å². The lowest BCUT2D eigenvalue weighted by Crippen LogP contribution is -2.23. The summed E-state index contributed by atoms with van der Waals surface area (Å²) in [7, 11) is 0. The maximum atomic E-state index is 10.5. The van der Waals surface area contributed by atoms with Gasteiger partial charge in [-0.1, -0.05) is 27.7 Å². The van der Waals surface area contributed by atoms with Gasteiger partial charge in [0, 0.05) is 6.92 Å². The summed E-state index contributed by atoms with van der Waals surface area (Å²) in [6.07, 6.45) is 0. The Balaban J connectivity index is 3.70. The maximum Gasteiger partial charge on any atom is 0.302 e. The van der Waals surface area contributed by atoms with Crippen LogP contribution in [0, 0.1) is 11.3 Å². The summed E-state index contributed by atoms with van der Waals surface area (Å²) in [4.78, 5) is 10.5. The Kier molecular flexibility index (Phi) is 3.56. The molecule has 0 spiro atoms. The second-order valence-electron chi connectivity index (χ2n) is 4.07. The molecule has 66 valence electrons. The minimum absolute atomic E-state index is 0.193. The van der Waals surface area contributed by atoms with E-state index in [0.29, 0.717) is 12.5 Å². The topological polar surface area (TPSA) is 26.3 Å². The number of hydrogen-bond acceptors (Lipinski definition) is 2. The predicted molar refractivity (Wildman–Crippen MR) is 45.3 cm³/mol. The maximum absolute atomic E-state index is 10.5. The lowest BCUT2D eigenvalue weighted by molar-refractivity contribution is -0.143. The third-order valence-corrected chi connectivity index (χ3v) is 2.01. The van der Waals surface area contributed by atoms with Gasteiger partial charge in [0.2, 0.25) is 0 Å². The molecular formula is C9H18O2. The normalized spacial score (nSPS) is 14.3. The minimum Gasteiger partial charge on any atom is -0.466 e. The highest BCUT2D eigenvalue weighted by Gasteiger charge is 2.20. The van der Waals surface area contributed by atoms with Crippen LogP contribution in [0.1, 0.15) is 34.6 Å². The molecule has 11 heavy (non-hydrogen) atoms. The third-order valence-electron chi connectivity index (χ3n) is 2.01. The molecule has 0 aliphatic heterocycles. The molecule has 0 aliphatic carbocycles. The molecule has 0 saturated carbocycles. The number of rotatable bonds is 2. The van der Waals surface area contributed by atoms with Crippen LogP contribution in [-0.2, 0) is 9.53 Å². The summed E-state index contributed by atoms with van der Waals surface area (Å²) in [6.45, 7) is 10.5. The molecule has 0 fully saturated rings. The Bertz CT molecular complexity index is 133. The molecule has 0 aromatic rings. The van der Waals surface area contributed by atoms with Gasteiger partial charge in [0.25, 0.3) is 0 Å². The number of ether oxygens (including phenoxy) is 1. The molecule has 0 unspecified atom stereocenters. The number of hydrogen-bond donors (Lipinski definition) is 0. The molecule has 1 atom stereocenters. The highest BCUT2D eigenvalue weighted by molar-refractivity contribution is 5.65. The number of esters is 1. The average Bonchev–Trinajstić information content (AvgIpc) is 1.80. The smallest absolute Gasteiger partial charge is 0.302 e. The van der Waals surface area contributed by atoms with Crippen LogP contribution in [0.25, 0.3) is 0 Å². The fourth-order valence-corrected chi connectivity index (χ4v) is 0.492. The molecule has 0 heterocycles. The summed E-state index contributed by atoms with van der Waals surface area (Å²) < 4.78 is 4.89. The van der Waals surface area contributed by atoms with E-state index in [2.05, 4.69) is 27.7 Å². The fourth-order valence-electron chi connectivity index (χ4n) is 0.492. The second kappa shape index (κ2) is 3.74. The summed E-state index contributed by atoms with van der Waals surface area (Å²) >= 11 is 0. The third kappa shape index (κ3) is 4.82. The molecule has 0 bridgehead atoms. The van der Waals surface area contributed by atoms with E-state index in [1.165, 1.54) is 6.92 Å². The van der Waals surface area contributed by atoms with Gasteiger partial charge in [-0.15, -0.1) is 0 Å². The Morgan fingerprint density at radius 2 is 1.91 bits per heavy atom. The average molecular weight is 158 g/mol. The molecule has 0 aromatic carbocycles. The summed E-state index contributed by atoms with van der Waals surface area (Å²) in [5.41, 5.74) is 0.218. The van der Waals surface area contributed by atoms with Crippen molar-refractivity contribution in [2.24, 2.45) is 11.3 Å². The van der Waals surface area contributed by atoms with E-state index in [0.717, 1.165) is 0 Å². The zero-order valence-corrected chi connectivity index (χ0v) is 8.10. The predicted octanol–water partition coefficient (Wildman–Crippen LogP) is 2.23. The molecule has 0 saturated heterocycles. The summed E-state index contributed by atoms with van der Waals surface area (Å²) in [6, 6.07) is 0. The van der Waals surface area contributed by atoms with E-state index in [-0.39, 0.29) is 11.4 Å². The van der Waals surface area contributed by atoms with Crippen molar-refractivity contribution in [3.8, 4) is 0 Å². The van der Waals surface area contributed by atoms with Crippen LogP contribution in [0.5, 0.6) is 0 Å². The van der Waals surface area contributed by atoms with E-state index in [4.69, 9.17) is 4.74 Å². The first-order valence-electron chi connectivity index (χ1n) is 3.97. The standard InChI is InChI=1S/C9H18O2/c1-7(9(3,4)5)6-11-8(2)10/h7H,6H2,1-5H3/t7-/m1/s1. The van der Waals surface area contributed by atoms with Crippen molar-refractivity contribution >= 4 is 5.97 Å². The number of carbonyl (C=O) groups excluding carboxylic acids is 1. The molecule has 0 aromatic heterocycles. The molecule has 2 heteroatoms. The Morgan fingerprint density at radius 3 is 2.18 bits per heavy atom. The zero-order valence-electron chi connectivity index (χ0n) is 8.10. The van der Waals surface area contributed by atoms with Gasteiger partial charge in [-0.05, 0) is 11.3 Å². The van der Waals surface area contributed by atoms with Crippen LogP contribution in [0.4, 0.5) is 0 Å². The summed E-state index contributed by atoms with van der Waals surface area (Å²) in [5, 5.41) is 0. The van der Waals surface area contributed by atoms with Gasteiger partial charge in [0.15, 0.2) is 0 Å². The van der Waals surface area contributed by atoms with E-state index >= 15 is 0 Å². The van der Waals surface area contributed by atoms with Gasteiger partial charge >= 0.3 is 5.97 Å². The van der Waals surface area contributed by atoms with Gasteiger partial charge in [-0.25, -0.2) is 0 Å². The van der Waals surface area contributed by atoms with E-state index < -0.39 is 0 Å². The van der Waals surface area contributed by atoms with Crippen molar-refractivity contribution in [2.75, 3.05) is 6.61 Å².